The number of hydrogen-bond acceptors (Lipinski definition) is 5. The SMILES string of the molecule is CC(C)(C)OC(=O)CN1CCCC1CN1CCCC1CO. The zero-order valence-corrected chi connectivity index (χ0v) is 13.7. The molecule has 0 aromatic carbocycles. The maximum atomic E-state index is 12.0. The van der Waals surface area contributed by atoms with Gasteiger partial charge in [0.2, 0.25) is 0 Å². The lowest BCUT2D eigenvalue weighted by Crippen LogP contribution is -2.45. The summed E-state index contributed by atoms with van der Waals surface area (Å²) in [6.07, 6.45) is 4.54. The van der Waals surface area contributed by atoms with Crippen LogP contribution in [-0.2, 0) is 9.53 Å². The largest absolute Gasteiger partial charge is 0.459 e. The molecule has 2 fully saturated rings. The van der Waals surface area contributed by atoms with Crippen LogP contribution in [0.3, 0.4) is 0 Å². The predicted octanol–water partition coefficient (Wildman–Crippen LogP) is 1.25. The summed E-state index contributed by atoms with van der Waals surface area (Å²) >= 11 is 0. The van der Waals surface area contributed by atoms with E-state index in [-0.39, 0.29) is 12.6 Å². The molecule has 0 aromatic heterocycles. The summed E-state index contributed by atoms with van der Waals surface area (Å²) in [7, 11) is 0. The Labute approximate surface area is 128 Å². The lowest BCUT2D eigenvalue weighted by molar-refractivity contribution is -0.156. The van der Waals surface area contributed by atoms with Crippen LogP contribution < -0.4 is 0 Å². The summed E-state index contributed by atoms with van der Waals surface area (Å²) in [4.78, 5) is 16.6. The molecule has 2 atom stereocenters. The first-order chi connectivity index (χ1) is 9.89. The van der Waals surface area contributed by atoms with Gasteiger partial charge < -0.3 is 9.84 Å². The van der Waals surface area contributed by atoms with E-state index >= 15 is 0 Å². The van der Waals surface area contributed by atoms with Gasteiger partial charge in [-0.25, -0.2) is 0 Å². The number of carbonyl (C=O) groups excluding carboxylic acids is 1. The quantitative estimate of drug-likeness (QED) is 0.774. The summed E-state index contributed by atoms with van der Waals surface area (Å²) < 4.78 is 5.43. The van der Waals surface area contributed by atoms with Crippen LogP contribution >= 0.6 is 0 Å². The van der Waals surface area contributed by atoms with Crippen LogP contribution in [0.4, 0.5) is 0 Å². The summed E-state index contributed by atoms with van der Waals surface area (Å²) in [5, 5.41) is 9.42. The van der Waals surface area contributed by atoms with E-state index in [2.05, 4.69) is 9.80 Å². The molecule has 5 nitrogen and oxygen atoms in total. The number of esters is 1. The van der Waals surface area contributed by atoms with Gasteiger partial charge in [0.25, 0.3) is 0 Å². The van der Waals surface area contributed by atoms with Crippen LogP contribution in [0.15, 0.2) is 0 Å². The van der Waals surface area contributed by atoms with E-state index in [0.717, 1.165) is 38.9 Å². The normalized spacial score (nSPS) is 28.2. The van der Waals surface area contributed by atoms with Gasteiger partial charge in [0.05, 0.1) is 13.2 Å². The molecular weight excluding hydrogens is 268 g/mol. The molecule has 2 saturated heterocycles. The lowest BCUT2D eigenvalue weighted by Gasteiger charge is -2.31. The van der Waals surface area contributed by atoms with E-state index in [4.69, 9.17) is 4.74 Å². The molecule has 2 heterocycles. The Hall–Kier alpha value is -0.650. The van der Waals surface area contributed by atoms with Crippen molar-refractivity contribution in [3.05, 3.63) is 0 Å². The van der Waals surface area contributed by atoms with Gasteiger partial charge in [-0.05, 0) is 59.5 Å². The molecular formula is C16H30N2O3. The number of hydrogen-bond donors (Lipinski definition) is 1. The van der Waals surface area contributed by atoms with E-state index in [1.54, 1.807) is 0 Å². The smallest absolute Gasteiger partial charge is 0.320 e. The van der Waals surface area contributed by atoms with Crippen LogP contribution in [0.5, 0.6) is 0 Å². The molecule has 5 heteroatoms. The molecule has 2 unspecified atom stereocenters. The molecule has 0 amide bonds. The number of carbonyl (C=O) groups is 1. The molecule has 122 valence electrons. The van der Waals surface area contributed by atoms with Crippen molar-refractivity contribution in [3.8, 4) is 0 Å². The van der Waals surface area contributed by atoms with Crippen LogP contribution in [-0.4, -0.2) is 71.3 Å². The van der Waals surface area contributed by atoms with Crippen molar-refractivity contribution in [2.75, 3.05) is 32.8 Å². The maximum Gasteiger partial charge on any atom is 0.320 e. The highest BCUT2D eigenvalue weighted by molar-refractivity contribution is 5.72. The molecule has 1 N–H and O–H groups in total. The second kappa shape index (κ2) is 7.07. The zero-order chi connectivity index (χ0) is 15.5. The molecule has 2 aliphatic heterocycles. The van der Waals surface area contributed by atoms with Crippen LogP contribution in [0.2, 0.25) is 0 Å². The highest BCUT2D eigenvalue weighted by atomic mass is 16.6. The molecule has 0 bridgehead atoms. The number of nitrogens with zero attached hydrogens (tertiary/aromatic N) is 2. The van der Waals surface area contributed by atoms with E-state index in [1.807, 2.05) is 20.8 Å². The second-order valence-electron chi connectivity index (χ2n) is 7.33. The zero-order valence-electron chi connectivity index (χ0n) is 13.7. The number of rotatable bonds is 5. The van der Waals surface area contributed by atoms with Crippen molar-refractivity contribution in [1.29, 1.82) is 0 Å². The Kier molecular flexibility index (Phi) is 5.63. The molecule has 2 rings (SSSR count). The number of likely N-dealkylation sites (tertiary alicyclic amines) is 2. The third-order valence-corrected chi connectivity index (χ3v) is 4.41. The van der Waals surface area contributed by atoms with Gasteiger partial charge >= 0.3 is 5.97 Å². The van der Waals surface area contributed by atoms with Gasteiger partial charge in [0.15, 0.2) is 0 Å². The van der Waals surface area contributed by atoms with Crippen molar-refractivity contribution in [3.63, 3.8) is 0 Å². The number of aliphatic hydroxyl groups is 1. The first-order valence-corrected chi connectivity index (χ1v) is 8.20. The third kappa shape index (κ3) is 4.94. The van der Waals surface area contributed by atoms with Crippen LogP contribution in [0.25, 0.3) is 0 Å². The van der Waals surface area contributed by atoms with Gasteiger partial charge in [-0.1, -0.05) is 0 Å². The number of ether oxygens (including phenoxy) is 1. The Morgan fingerprint density at radius 3 is 2.38 bits per heavy atom. The van der Waals surface area contributed by atoms with Crippen LogP contribution in [0, 0.1) is 0 Å². The molecule has 0 saturated carbocycles. The maximum absolute atomic E-state index is 12.0. The van der Waals surface area contributed by atoms with E-state index in [0.29, 0.717) is 18.6 Å². The lowest BCUT2D eigenvalue weighted by atomic mass is 10.2. The van der Waals surface area contributed by atoms with Gasteiger partial charge in [-0.3, -0.25) is 14.6 Å². The van der Waals surface area contributed by atoms with Crippen LogP contribution in [0.1, 0.15) is 46.5 Å². The average molecular weight is 298 g/mol. The van der Waals surface area contributed by atoms with Gasteiger partial charge in [0.1, 0.15) is 5.60 Å². The summed E-state index contributed by atoms with van der Waals surface area (Å²) in [6.45, 7) is 9.36. The first-order valence-electron chi connectivity index (χ1n) is 8.20. The molecule has 21 heavy (non-hydrogen) atoms. The molecule has 0 spiro atoms. The Bertz CT molecular complexity index is 354. The monoisotopic (exact) mass is 298 g/mol. The number of aliphatic hydroxyl groups excluding tert-OH is 1. The van der Waals surface area contributed by atoms with E-state index < -0.39 is 5.60 Å². The fraction of sp³-hybridized carbons (Fsp3) is 0.938. The van der Waals surface area contributed by atoms with Crippen molar-refractivity contribution in [2.45, 2.75) is 64.1 Å². The summed E-state index contributed by atoms with van der Waals surface area (Å²) in [5.41, 5.74) is -0.413. The van der Waals surface area contributed by atoms with Crippen molar-refractivity contribution >= 4 is 5.97 Å². The highest BCUT2D eigenvalue weighted by Crippen LogP contribution is 2.23. The van der Waals surface area contributed by atoms with Gasteiger partial charge in [-0.2, -0.15) is 0 Å². The van der Waals surface area contributed by atoms with E-state index in [1.165, 1.54) is 6.42 Å². The Morgan fingerprint density at radius 1 is 1.14 bits per heavy atom. The fourth-order valence-corrected chi connectivity index (χ4v) is 3.46. The van der Waals surface area contributed by atoms with Crippen molar-refractivity contribution in [2.24, 2.45) is 0 Å². The Balaban J connectivity index is 1.84. The standard InChI is InChI=1S/C16H30N2O3/c1-16(2,3)21-15(20)11-18-9-4-6-13(18)10-17-8-5-7-14(17)12-19/h13-14,19H,4-12H2,1-3H3. The highest BCUT2D eigenvalue weighted by Gasteiger charge is 2.32. The second-order valence-corrected chi connectivity index (χ2v) is 7.33. The topological polar surface area (TPSA) is 53.0 Å². The fourth-order valence-electron chi connectivity index (χ4n) is 3.46. The molecule has 0 radical (unpaired) electrons. The Morgan fingerprint density at radius 2 is 1.76 bits per heavy atom. The average Bonchev–Trinajstić information content (AvgIpc) is 2.97. The van der Waals surface area contributed by atoms with Gasteiger partial charge in [0, 0.05) is 18.6 Å². The minimum Gasteiger partial charge on any atom is -0.459 e. The van der Waals surface area contributed by atoms with Crippen molar-refractivity contribution in [1.82, 2.24) is 9.80 Å². The minimum atomic E-state index is -0.413. The first kappa shape index (κ1) is 16.7. The molecule has 0 aromatic rings. The van der Waals surface area contributed by atoms with Crippen molar-refractivity contribution < 1.29 is 14.6 Å². The predicted molar refractivity (Wildman–Crippen MR) is 82.1 cm³/mol. The summed E-state index contributed by atoms with van der Waals surface area (Å²) in [5.74, 6) is -0.130. The third-order valence-electron chi connectivity index (χ3n) is 4.41. The minimum absolute atomic E-state index is 0.130. The molecule has 2 aliphatic rings. The summed E-state index contributed by atoms with van der Waals surface area (Å²) in [6, 6.07) is 0.735. The molecule has 0 aliphatic carbocycles. The van der Waals surface area contributed by atoms with E-state index in [9.17, 15) is 9.90 Å². The van der Waals surface area contributed by atoms with Gasteiger partial charge in [-0.15, -0.1) is 0 Å².